The molecule has 2 aromatic carbocycles. The number of para-hydroxylation sites is 2. The first-order valence-corrected chi connectivity index (χ1v) is 11.5. The van der Waals surface area contributed by atoms with Crippen LogP contribution in [0.15, 0.2) is 42.5 Å². The Morgan fingerprint density at radius 2 is 1.66 bits per heavy atom. The van der Waals surface area contributed by atoms with Crippen molar-refractivity contribution >= 4 is 52.4 Å². The molecule has 1 N–H and O–H groups in total. The number of carbonyl (C=O) groups is 3. The van der Waals surface area contributed by atoms with Crippen molar-refractivity contribution in [3.05, 3.63) is 58.1 Å². The van der Waals surface area contributed by atoms with Crippen molar-refractivity contribution in [3.8, 4) is 0 Å². The highest BCUT2D eigenvalue weighted by molar-refractivity contribution is 6.39. The third-order valence-electron chi connectivity index (χ3n) is 6.11. The predicted molar refractivity (Wildman–Crippen MR) is 124 cm³/mol. The van der Waals surface area contributed by atoms with Crippen molar-refractivity contribution < 1.29 is 19.1 Å². The minimum absolute atomic E-state index is 0.0381. The average Bonchev–Trinajstić information content (AvgIpc) is 3.24. The molecule has 2 amide bonds. The number of benzene rings is 2. The second kappa shape index (κ2) is 9.92. The van der Waals surface area contributed by atoms with Gasteiger partial charge in [-0.05, 0) is 43.0 Å². The number of nitrogens with zero attached hydrogens (tertiary/aromatic N) is 1. The summed E-state index contributed by atoms with van der Waals surface area (Å²) >= 11 is 12.1. The van der Waals surface area contributed by atoms with E-state index >= 15 is 0 Å². The maximum absolute atomic E-state index is 13.3. The Balaban J connectivity index is 1.39. The molecule has 0 radical (unpaired) electrons. The molecular formula is C24H24Cl2N2O4. The molecule has 168 valence electrons. The molecule has 0 bridgehead atoms. The normalized spacial score (nSPS) is 19.9. The zero-order chi connectivity index (χ0) is 22.7. The summed E-state index contributed by atoms with van der Waals surface area (Å²) in [6.07, 6.45) is 3.76. The van der Waals surface area contributed by atoms with Crippen LogP contribution in [0.25, 0.3) is 0 Å². The number of amides is 2. The van der Waals surface area contributed by atoms with Gasteiger partial charge in [0.2, 0.25) is 5.91 Å². The van der Waals surface area contributed by atoms with E-state index in [1.165, 1.54) is 0 Å². The lowest BCUT2D eigenvalue weighted by atomic mass is 9.78. The van der Waals surface area contributed by atoms with Crippen LogP contribution >= 0.6 is 23.2 Å². The maximum atomic E-state index is 13.3. The lowest BCUT2D eigenvalue weighted by Crippen LogP contribution is -2.42. The first-order valence-electron chi connectivity index (χ1n) is 10.8. The summed E-state index contributed by atoms with van der Waals surface area (Å²) in [4.78, 5) is 40.3. The van der Waals surface area contributed by atoms with Gasteiger partial charge in [0.25, 0.3) is 5.91 Å². The Bertz CT molecular complexity index is 1020. The lowest BCUT2D eigenvalue weighted by Gasteiger charge is -2.32. The van der Waals surface area contributed by atoms with E-state index in [-0.39, 0.29) is 11.6 Å². The molecule has 32 heavy (non-hydrogen) atoms. The fourth-order valence-corrected chi connectivity index (χ4v) is 5.00. The number of esters is 1. The molecule has 1 fully saturated rings. The van der Waals surface area contributed by atoms with Gasteiger partial charge in [-0.1, -0.05) is 60.3 Å². The van der Waals surface area contributed by atoms with Crippen molar-refractivity contribution in [1.82, 2.24) is 0 Å². The van der Waals surface area contributed by atoms with Crippen LogP contribution in [-0.2, 0) is 25.5 Å². The summed E-state index contributed by atoms with van der Waals surface area (Å²) in [6.45, 7) is 0.155. The molecule has 1 aliphatic heterocycles. The minimum atomic E-state index is -0.555. The van der Waals surface area contributed by atoms with Gasteiger partial charge in [-0.2, -0.15) is 0 Å². The number of nitrogens with one attached hydrogen (secondary N) is 1. The van der Waals surface area contributed by atoms with E-state index in [0.717, 1.165) is 30.5 Å². The maximum Gasteiger partial charge on any atom is 0.310 e. The Labute approximate surface area is 196 Å². The third kappa shape index (κ3) is 4.76. The molecule has 0 aromatic heterocycles. The Morgan fingerprint density at radius 1 is 0.969 bits per heavy atom. The van der Waals surface area contributed by atoms with Crippen molar-refractivity contribution in [1.29, 1.82) is 0 Å². The molecule has 1 saturated carbocycles. The van der Waals surface area contributed by atoms with Crippen molar-refractivity contribution in [2.75, 3.05) is 23.4 Å². The molecular weight excluding hydrogens is 451 g/mol. The van der Waals surface area contributed by atoms with E-state index in [9.17, 15) is 14.4 Å². The third-order valence-corrected chi connectivity index (χ3v) is 6.74. The Hall–Kier alpha value is -2.57. The predicted octanol–water partition coefficient (Wildman–Crippen LogP) is 4.87. The number of ether oxygens (including phenoxy) is 1. The van der Waals surface area contributed by atoms with E-state index in [1.807, 2.05) is 24.3 Å². The summed E-state index contributed by atoms with van der Waals surface area (Å²) in [5.74, 6) is -2.09. The lowest BCUT2D eigenvalue weighted by molar-refractivity contribution is -0.156. The second-order valence-corrected chi connectivity index (χ2v) is 8.93. The van der Waals surface area contributed by atoms with E-state index in [2.05, 4.69) is 5.32 Å². The van der Waals surface area contributed by atoms with E-state index in [4.69, 9.17) is 27.9 Å². The Morgan fingerprint density at radius 3 is 2.41 bits per heavy atom. The standard InChI is InChI=1S/C24H24Cl2N2O4/c25-18-9-5-10-19(26)22(18)27-21(29)14-32-24(31)17-8-3-2-7-16(17)23(30)28-13-12-15-6-1-4-11-20(15)28/h1,4-6,9-11,16-17H,2-3,7-8,12-14H2,(H,27,29)/t16-,17+/m1/s1. The van der Waals surface area contributed by atoms with Crippen molar-refractivity contribution in [2.45, 2.75) is 32.1 Å². The van der Waals surface area contributed by atoms with Crippen LogP contribution in [0.4, 0.5) is 11.4 Å². The zero-order valence-electron chi connectivity index (χ0n) is 17.5. The van der Waals surface area contributed by atoms with Crippen molar-refractivity contribution in [2.24, 2.45) is 11.8 Å². The van der Waals surface area contributed by atoms with Gasteiger partial charge >= 0.3 is 5.97 Å². The molecule has 4 rings (SSSR count). The average molecular weight is 475 g/mol. The number of hydrogen-bond acceptors (Lipinski definition) is 4. The fourth-order valence-electron chi connectivity index (χ4n) is 4.51. The number of fused-ring (bicyclic) bond motifs is 1. The number of halogens is 2. The summed E-state index contributed by atoms with van der Waals surface area (Å²) in [7, 11) is 0. The SMILES string of the molecule is O=C(COC(=O)[C@H]1CCCC[C@H]1C(=O)N1CCc2ccccc21)Nc1c(Cl)cccc1Cl. The molecule has 1 heterocycles. The van der Waals surface area contributed by atoms with Gasteiger partial charge in [0.1, 0.15) is 0 Å². The van der Waals surface area contributed by atoms with E-state index < -0.39 is 30.3 Å². The molecule has 6 nitrogen and oxygen atoms in total. The molecule has 2 aliphatic rings. The summed E-state index contributed by atoms with van der Waals surface area (Å²) in [6, 6.07) is 12.7. The second-order valence-electron chi connectivity index (χ2n) is 8.12. The summed E-state index contributed by atoms with van der Waals surface area (Å²) in [5, 5.41) is 3.16. The van der Waals surface area contributed by atoms with Crippen molar-refractivity contribution in [3.63, 3.8) is 0 Å². The van der Waals surface area contributed by atoms with Gasteiger partial charge in [-0.3, -0.25) is 14.4 Å². The molecule has 2 aromatic rings. The zero-order valence-corrected chi connectivity index (χ0v) is 19.0. The van der Waals surface area contributed by atoms with Crippen LogP contribution in [0.5, 0.6) is 0 Å². The first-order chi connectivity index (χ1) is 15.5. The fraction of sp³-hybridized carbons (Fsp3) is 0.375. The van der Waals surface area contributed by atoms with Crippen LogP contribution < -0.4 is 10.2 Å². The quantitative estimate of drug-likeness (QED) is 0.627. The first kappa shape index (κ1) is 22.6. The highest BCUT2D eigenvalue weighted by Gasteiger charge is 2.40. The number of anilines is 2. The highest BCUT2D eigenvalue weighted by atomic mass is 35.5. The van der Waals surface area contributed by atoms with Gasteiger partial charge in [-0.15, -0.1) is 0 Å². The van der Waals surface area contributed by atoms with Gasteiger partial charge < -0.3 is 15.0 Å². The minimum Gasteiger partial charge on any atom is -0.455 e. The number of carbonyl (C=O) groups excluding carboxylic acids is 3. The molecule has 1 aliphatic carbocycles. The number of hydrogen-bond donors (Lipinski definition) is 1. The van der Waals surface area contributed by atoms with E-state index in [0.29, 0.717) is 29.4 Å². The van der Waals surface area contributed by atoms with E-state index in [1.54, 1.807) is 23.1 Å². The largest absolute Gasteiger partial charge is 0.455 e. The number of rotatable bonds is 5. The van der Waals surface area contributed by atoms with Crippen LogP contribution in [0.2, 0.25) is 10.0 Å². The summed E-state index contributed by atoms with van der Waals surface area (Å²) in [5.41, 5.74) is 2.34. The highest BCUT2D eigenvalue weighted by Crippen LogP contribution is 2.36. The topological polar surface area (TPSA) is 75.7 Å². The van der Waals surface area contributed by atoms with Crippen LogP contribution in [0.1, 0.15) is 31.2 Å². The molecule has 0 unspecified atom stereocenters. The Kier molecular flexibility index (Phi) is 7.01. The van der Waals surface area contributed by atoms with Crippen LogP contribution in [0.3, 0.4) is 0 Å². The molecule has 0 saturated heterocycles. The van der Waals surface area contributed by atoms with Gasteiger partial charge in [0, 0.05) is 12.2 Å². The monoisotopic (exact) mass is 474 g/mol. The summed E-state index contributed by atoms with van der Waals surface area (Å²) < 4.78 is 5.30. The van der Waals surface area contributed by atoms with Gasteiger partial charge in [-0.25, -0.2) is 0 Å². The molecule has 2 atom stereocenters. The van der Waals surface area contributed by atoms with Crippen LogP contribution in [-0.4, -0.2) is 30.9 Å². The van der Waals surface area contributed by atoms with Gasteiger partial charge in [0.05, 0.1) is 27.6 Å². The van der Waals surface area contributed by atoms with Crippen LogP contribution in [0, 0.1) is 11.8 Å². The molecule has 0 spiro atoms. The molecule has 8 heteroatoms. The smallest absolute Gasteiger partial charge is 0.310 e. The van der Waals surface area contributed by atoms with Gasteiger partial charge in [0.15, 0.2) is 6.61 Å².